The first-order valence-corrected chi connectivity index (χ1v) is 13.5. The molecular formula is C24H37N3O4S. The predicted octanol–water partition coefficient (Wildman–Crippen LogP) is 3.00. The Kier molecular flexibility index (Phi) is 9.53. The molecule has 1 aromatic rings. The van der Waals surface area contributed by atoms with Crippen molar-refractivity contribution in [1.82, 2.24) is 14.9 Å². The molecule has 32 heavy (non-hydrogen) atoms. The van der Waals surface area contributed by atoms with Crippen LogP contribution >= 0.6 is 0 Å². The Bertz CT molecular complexity index is 841. The highest BCUT2D eigenvalue weighted by molar-refractivity contribution is 7.89. The molecule has 0 unspecified atom stereocenters. The van der Waals surface area contributed by atoms with Crippen LogP contribution in [0.1, 0.15) is 69.8 Å². The predicted molar refractivity (Wildman–Crippen MR) is 125 cm³/mol. The number of aryl methyl sites for hydroxylation is 1. The molecule has 0 aromatic heterocycles. The van der Waals surface area contributed by atoms with Crippen molar-refractivity contribution >= 4 is 21.8 Å². The molecule has 0 bridgehead atoms. The maximum Gasteiger partial charge on any atom is 0.243 e. The lowest BCUT2D eigenvalue weighted by Gasteiger charge is -2.20. The monoisotopic (exact) mass is 463 g/mol. The molecule has 3 rings (SSSR count). The molecular weight excluding hydrogens is 426 g/mol. The Hall–Kier alpha value is -1.93. The Balaban J connectivity index is 1.37. The number of nitrogens with one attached hydrogen (secondary N) is 2. The van der Waals surface area contributed by atoms with E-state index >= 15 is 0 Å². The SMILES string of the molecule is O=C(CCc1ccc(S(=O)(=O)N2CCCCCC2)cc1)NCCNC(=O)C1CCCCC1. The van der Waals surface area contributed by atoms with E-state index in [4.69, 9.17) is 0 Å². The summed E-state index contributed by atoms with van der Waals surface area (Å²) in [6.07, 6.45) is 10.3. The quantitative estimate of drug-likeness (QED) is 0.551. The van der Waals surface area contributed by atoms with Crippen molar-refractivity contribution in [2.24, 2.45) is 5.92 Å². The number of carbonyl (C=O) groups is 2. The molecule has 1 heterocycles. The van der Waals surface area contributed by atoms with E-state index in [0.29, 0.717) is 43.9 Å². The van der Waals surface area contributed by atoms with Gasteiger partial charge in [0, 0.05) is 38.5 Å². The van der Waals surface area contributed by atoms with Gasteiger partial charge in [-0.3, -0.25) is 9.59 Å². The standard InChI is InChI=1S/C24H37N3O4S/c28-23(25-16-17-26-24(29)21-8-4-3-5-9-21)15-12-20-10-13-22(14-11-20)32(30,31)27-18-6-1-2-7-19-27/h10-11,13-14,21H,1-9,12,15-19H2,(H,25,28)(H,26,29). The highest BCUT2D eigenvalue weighted by atomic mass is 32.2. The molecule has 2 aliphatic rings. The van der Waals surface area contributed by atoms with Crippen molar-refractivity contribution in [3.8, 4) is 0 Å². The summed E-state index contributed by atoms with van der Waals surface area (Å²) in [4.78, 5) is 24.5. The summed E-state index contributed by atoms with van der Waals surface area (Å²) in [6, 6.07) is 6.88. The van der Waals surface area contributed by atoms with Gasteiger partial charge in [-0.2, -0.15) is 4.31 Å². The number of rotatable bonds is 9. The van der Waals surface area contributed by atoms with E-state index in [1.165, 1.54) is 6.42 Å². The van der Waals surface area contributed by atoms with Crippen molar-refractivity contribution in [2.75, 3.05) is 26.2 Å². The van der Waals surface area contributed by atoms with Crippen LogP contribution < -0.4 is 10.6 Å². The normalized spacial score (nSPS) is 18.6. The summed E-state index contributed by atoms with van der Waals surface area (Å²) in [5.41, 5.74) is 0.931. The molecule has 178 valence electrons. The summed E-state index contributed by atoms with van der Waals surface area (Å²) in [5, 5.41) is 5.76. The summed E-state index contributed by atoms with van der Waals surface area (Å²) in [6.45, 7) is 2.05. The fraction of sp³-hybridized carbons (Fsp3) is 0.667. The van der Waals surface area contributed by atoms with Crippen LogP contribution in [0.3, 0.4) is 0 Å². The van der Waals surface area contributed by atoms with Crippen LogP contribution in [0.2, 0.25) is 0 Å². The smallest absolute Gasteiger partial charge is 0.243 e. The van der Waals surface area contributed by atoms with Gasteiger partial charge in [0.05, 0.1) is 4.90 Å². The number of sulfonamides is 1. The minimum absolute atomic E-state index is 0.0711. The van der Waals surface area contributed by atoms with Gasteiger partial charge in [0.25, 0.3) is 0 Å². The van der Waals surface area contributed by atoms with E-state index in [0.717, 1.165) is 56.9 Å². The fourth-order valence-electron chi connectivity index (χ4n) is 4.50. The third-order valence-electron chi connectivity index (χ3n) is 6.49. The molecule has 2 amide bonds. The van der Waals surface area contributed by atoms with Crippen LogP contribution in [0.4, 0.5) is 0 Å². The van der Waals surface area contributed by atoms with Crippen LogP contribution in [0.5, 0.6) is 0 Å². The Morgan fingerprint density at radius 2 is 1.44 bits per heavy atom. The Morgan fingerprint density at radius 1 is 0.844 bits per heavy atom. The van der Waals surface area contributed by atoms with Gasteiger partial charge in [-0.15, -0.1) is 0 Å². The van der Waals surface area contributed by atoms with Crippen molar-refractivity contribution in [1.29, 1.82) is 0 Å². The molecule has 1 saturated carbocycles. The molecule has 0 spiro atoms. The second kappa shape index (κ2) is 12.3. The van der Waals surface area contributed by atoms with Gasteiger partial charge < -0.3 is 10.6 Å². The van der Waals surface area contributed by atoms with Gasteiger partial charge in [0.15, 0.2) is 0 Å². The van der Waals surface area contributed by atoms with Crippen molar-refractivity contribution in [3.63, 3.8) is 0 Å². The van der Waals surface area contributed by atoms with Crippen LogP contribution in [-0.2, 0) is 26.0 Å². The largest absolute Gasteiger partial charge is 0.354 e. The molecule has 7 nitrogen and oxygen atoms in total. The zero-order chi connectivity index (χ0) is 22.8. The maximum absolute atomic E-state index is 12.8. The topological polar surface area (TPSA) is 95.6 Å². The first-order chi connectivity index (χ1) is 15.5. The van der Waals surface area contributed by atoms with Crippen LogP contribution in [-0.4, -0.2) is 50.7 Å². The third kappa shape index (κ3) is 7.30. The number of nitrogens with zero attached hydrogens (tertiary/aromatic N) is 1. The van der Waals surface area contributed by atoms with Crippen LogP contribution in [0.25, 0.3) is 0 Å². The average Bonchev–Trinajstić information content (AvgIpc) is 3.11. The minimum atomic E-state index is -3.44. The lowest BCUT2D eigenvalue weighted by Crippen LogP contribution is -2.38. The van der Waals surface area contributed by atoms with Gasteiger partial charge in [0.2, 0.25) is 21.8 Å². The maximum atomic E-state index is 12.8. The first kappa shape index (κ1) is 24.7. The highest BCUT2D eigenvalue weighted by Gasteiger charge is 2.25. The second-order valence-electron chi connectivity index (χ2n) is 8.94. The van der Waals surface area contributed by atoms with E-state index < -0.39 is 10.0 Å². The lowest BCUT2D eigenvalue weighted by atomic mass is 9.89. The van der Waals surface area contributed by atoms with Crippen molar-refractivity contribution in [3.05, 3.63) is 29.8 Å². The molecule has 1 aromatic carbocycles. The number of benzene rings is 1. The van der Waals surface area contributed by atoms with Crippen molar-refractivity contribution in [2.45, 2.75) is 75.5 Å². The summed E-state index contributed by atoms with van der Waals surface area (Å²) < 4.78 is 27.3. The molecule has 1 aliphatic heterocycles. The first-order valence-electron chi connectivity index (χ1n) is 12.1. The van der Waals surface area contributed by atoms with E-state index in [-0.39, 0.29) is 17.7 Å². The molecule has 0 radical (unpaired) electrons. The molecule has 2 fully saturated rings. The minimum Gasteiger partial charge on any atom is -0.354 e. The number of amides is 2. The number of carbonyl (C=O) groups excluding carboxylic acids is 2. The molecule has 2 N–H and O–H groups in total. The zero-order valence-electron chi connectivity index (χ0n) is 19.0. The highest BCUT2D eigenvalue weighted by Crippen LogP contribution is 2.23. The van der Waals surface area contributed by atoms with Gasteiger partial charge in [-0.05, 0) is 49.8 Å². The summed E-state index contributed by atoms with van der Waals surface area (Å²) in [7, 11) is -3.44. The van der Waals surface area contributed by atoms with Gasteiger partial charge in [-0.1, -0.05) is 44.2 Å². The average molecular weight is 464 g/mol. The van der Waals surface area contributed by atoms with E-state index in [1.54, 1.807) is 28.6 Å². The van der Waals surface area contributed by atoms with Crippen molar-refractivity contribution < 1.29 is 18.0 Å². The van der Waals surface area contributed by atoms with Gasteiger partial charge >= 0.3 is 0 Å². The third-order valence-corrected chi connectivity index (χ3v) is 8.40. The Morgan fingerprint density at radius 3 is 2.09 bits per heavy atom. The van der Waals surface area contributed by atoms with Crippen LogP contribution in [0.15, 0.2) is 29.2 Å². The zero-order valence-corrected chi connectivity index (χ0v) is 19.8. The lowest BCUT2D eigenvalue weighted by molar-refractivity contribution is -0.126. The molecule has 1 saturated heterocycles. The van der Waals surface area contributed by atoms with E-state index in [9.17, 15) is 18.0 Å². The summed E-state index contributed by atoms with van der Waals surface area (Å²) >= 11 is 0. The number of hydrogen-bond acceptors (Lipinski definition) is 4. The summed E-state index contributed by atoms with van der Waals surface area (Å²) in [5.74, 6) is 0.165. The molecule has 1 aliphatic carbocycles. The van der Waals surface area contributed by atoms with E-state index in [2.05, 4.69) is 10.6 Å². The Labute approximate surface area is 192 Å². The van der Waals surface area contributed by atoms with Crippen LogP contribution in [0, 0.1) is 5.92 Å². The second-order valence-corrected chi connectivity index (χ2v) is 10.9. The molecule has 8 heteroatoms. The fourth-order valence-corrected chi connectivity index (χ4v) is 6.02. The van der Waals surface area contributed by atoms with Gasteiger partial charge in [-0.25, -0.2) is 8.42 Å². The van der Waals surface area contributed by atoms with E-state index in [1.807, 2.05) is 0 Å². The number of hydrogen-bond donors (Lipinski definition) is 2. The molecule has 0 atom stereocenters. The van der Waals surface area contributed by atoms with Gasteiger partial charge in [0.1, 0.15) is 0 Å².